The average molecular weight is 199 g/mol. The summed E-state index contributed by atoms with van der Waals surface area (Å²) in [6.07, 6.45) is 1.59. The van der Waals surface area contributed by atoms with Crippen molar-refractivity contribution in [1.82, 2.24) is 4.90 Å². The lowest BCUT2D eigenvalue weighted by Gasteiger charge is -2.36. The van der Waals surface area contributed by atoms with E-state index in [0.29, 0.717) is 6.54 Å². The van der Waals surface area contributed by atoms with Gasteiger partial charge in [-0.1, -0.05) is 0 Å². The fraction of sp³-hybridized carbons (Fsp3) is 0.778. The lowest BCUT2D eigenvalue weighted by molar-refractivity contribution is -0.136. The molecule has 5 nitrogen and oxygen atoms in total. The van der Waals surface area contributed by atoms with Crippen molar-refractivity contribution in [2.75, 3.05) is 13.1 Å². The van der Waals surface area contributed by atoms with Crippen LogP contribution in [0.3, 0.4) is 0 Å². The maximum absolute atomic E-state index is 11.4. The standard InChI is InChI=1S/C9H17N3O2/c1-6-2-3-7(9(11)14)5-12(6)8(13)4-10/h6-7H,2-5,10H2,1H3,(H2,11,14). The van der Waals surface area contributed by atoms with Crippen LogP contribution in [-0.4, -0.2) is 35.8 Å². The van der Waals surface area contributed by atoms with E-state index in [4.69, 9.17) is 11.5 Å². The van der Waals surface area contributed by atoms with Crippen LogP contribution in [0.2, 0.25) is 0 Å². The Morgan fingerprint density at radius 3 is 2.57 bits per heavy atom. The van der Waals surface area contributed by atoms with Gasteiger partial charge in [0.25, 0.3) is 0 Å². The normalized spacial score (nSPS) is 27.4. The highest BCUT2D eigenvalue weighted by molar-refractivity contribution is 5.81. The summed E-state index contributed by atoms with van der Waals surface area (Å²) in [7, 11) is 0. The second-order valence-electron chi connectivity index (χ2n) is 3.78. The molecule has 0 spiro atoms. The summed E-state index contributed by atoms with van der Waals surface area (Å²) in [5.41, 5.74) is 10.5. The lowest BCUT2D eigenvalue weighted by atomic mass is 9.93. The Morgan fingerprint density at radius 2 is 2.07 bits per heavy atom. The number of primary amides is 1. The zero-order chi connectivity index (χ0) is 10.7. The Kier molecular flexibility index (Phi) is 3.46. The van der Waals surface area contributed by atoms with E-state index in [0.717, 1.165) is 12.8 Å². The zero-order valence-electron chi connectivity index (χ0n) is 8.40. The molecule has 1 saturated heterocycles. The fourth-order valence-corrected chi connectivity index (χ4v) is 1.80. The Hall–Kier alpha value is -1.10. The van der Waals surface area contributed by atoms with Crippen LogP contribution in [0, 0.1) is 5.92 Å². The van der Waals surface area contributed by atoms with Gasteiger partial charge in [0.15, 0.2) is 0 Å². The number of likely N-dealkylation sites (tertiary alicyclic amines) is 1. The highest BCUT2D eigenvalue weighted by Crippen LogP contribution is 2.21. The molecule has 1 fully saturated rings. The van der Waals surface area contributed by atoms with Gasteiger partial charge in [-0.3, -0.25) is 9.59 Å². The maximum Gasteiger partial charge on any atom is 0.236 e. The number of piperidine rings is 1. The van der Waals surface area contributed by atoms with Crippen molar-refractivity contribution < 1.29 is 9.59 Å². The van der Waals surface area contributed by atoms with Gasteiger partial charge in [0, 0.05) is 12.6 Å². The van der Waals surface area contributed by atoms with Crippen LogP contribution >= 0.6 is 0 Å². The molecular formula is C9H17N3O2. The third-order valence-electron chi connectivity index (χ3n) is 2.78. The molecule has 1 aliphatic heterocycles. The molecule has 2 atom stereocenters. The smallest absolute Gasteiger partial charge is 0.236 e. The van der Waals surface area contributed by atoms with Crippen molar-refractivity contribution in [1.29, 1.82) is 0 Å². The van der Waals surface area contributed by atoms with E-state index in [1.54, 1.807) is 4.90 Å². The van der Waals surface area contributed by atoms with E-state index in [2.05, 4.69) is 0 Å². The minimum absolute atomic E-state index is 0.00414. The number of amides is 2. The molecule has 1 aliphatic rings. The van der Waals surface area contributed by atoms with Crippen LogP contribution in [-0.2, 0) is 9.59 Å². The molecule has 0 aromatic rings. The highest BCUT2D eigenvalue weighted by Gasteiger charge is 2.30. The summed E-state index contributed by atoms with van der Waals surface area (Å²) in [5.74, 6) is -0.642. The van der Waals surface area contributed by atoms with Gasteiger partial charge >= 0.3 is 0 Å². The second kappa shape index (κ2) is 4.41. The van der Waals surface area contributed by atoms with Gasteiger partial charge in [0.05, 0.1) is 12.5 Å². The molecular weight excluding hydrogens is 182 g/mol. The molecule has 1 rings (SSSR count). The van der Waals surface area contributed by atoms with E-state index in [9.17, 15) is 9.59 Å². The number of carbonyl (C=O) groups excluding carboxylic acids is 2. The van der Waals surface area contributed by atoms with Crippen molar-refractivity contribution in [3.05, 3.63) is 0 Å². The number of carbonyl (C=O) groups is 2. The fourth-order valence-electron chi connectivity index (χ4n) is 1.80. The molecule has 5 heteroatoms. The van der Waals surface area contributed by atoms with Crippen LogP contribution in [0.25, 0.3) is 0 Å². The maximum atomic E-state index is 11.4. The molecule has 0 bridgehead atoms. The zero-order valence-corrected chi connectivity index (χ0v) is 8.40. The number of nitrogens with two attached hydrogens (primary N) is 2. The molecule has 4 N–H and O–H groups in total. The van der Waals surface area contributed by atoms with E-state index in [1.807, 2.05) is 6.92 Å². The number of nitrogens with zero attached hydrogens (tertiary/aromatic N) is 1. The Balaban J connectivity index is 2.64. The largest absolute Gasteiger partial charge is 0.369 e. The molecule has 0 saturated carbocycles. The number of hydrogen-bond donors (Lipinski definition) is 2. The predicted octanol–water partition coefficient (Wildman–Crippen LogP) is -0.942. The molecule has 0 aliphatic carbocycles. The monoisotopic (exact) mass is 199 g/mol. The van der Waals surface area contributed by atoms with Gasteiger partial charge in [-0.05, 0) is 19.8 Å². The van der Waals surface area contributed by atoms with Crippen molar-refractivity contribution in [3.8, 4) is 0 Å². The topological polar surface area (TPSA) is 89.4 Å². The summed E-state index contributed by atoms with van der Waals surface area (Å²) in [5, 5.41) is 0. The van der Waals surface area contributed by atoms with Gasteiger partial charge in [-0.15, -0.1) is 0 Å². The van der Waals surface area contributed by atoms with E-state index in [-0.39, 0.29) is 30.3 Å². The predicted molar refractivity (Wildman–Crippen MR) is 52.1 cm³/mol. The summed E-state index contributed by atoms with van der Waals surface area (Å²) in [6, 6.07) is 0.168. The Bertz CT molecular complexity index is 242. The second-order valence-corrected chi connectivity index (χ2v) is 3.78. The van der Waals surface area contributed by atoms with Gasteiger partial charge in [0.1, 0.15) is 0 Å². The first kappa shape index (κ1) is 11.0. The van der Waals surface area contributed by atoms with Crippen molar-refractivity contribution in [2.45, 2.75) is 25.8 Å². The van der Waals surface area contributed by atoms with Gasteiger partial charge in [0.2, 0.25) is 11.8 Å². The molecule has 2 unspecified atom stereocenters. The first-order valence-corrected chi connectivity index (χ1v) is 4.85. The molecule has 14 heavy (non-hydrogen) atoms. The van der Waals surface area contributed by atoms with Crippen LogP contribution in [0.4, 0.5) is 0 Å². The molecule has 80 valence electrons. The minimum Gasteiger partial charge on any atom is -0.369 e. The molecule has 1 heterocycles. The van der Waals surface area contributed by atoms with Crippen molar-refractivity contribution in [2.24, 2.45) is 17.4 Å². The van der Waals surface area contributed by atoms with E-state index in [1.165, 1.54) is 0 Å². The van der Waals surface area contributed by atoms with Gasteiger partial charge in [-0.2, -0.15) is 0 Å². The average Bonchev–Trinajstić information content (AvgIpc) is 2.17. The summed E-state index contributed by atoms with van der Waals surface area (Å²) < 4.78 is 0. The molecule has 0 aromatic carbocycles. The highest BCUT2D eigenvalue weighted by atomic mass is 16.2. The first-order chi connectivity index (χ1) is 6.56. The van der Waals surface area contributed by atoms with Gasteiger partial charge < -0.3 is 16.4 Å². The summed E-state index contributed by atoms with van der Waals surface area (Å²) in [4.78, 5) is 24.0. The SMILES string of the molecule is CC1CCC(C(N)=O)CN1C(=O)CN. The molecule has 2 amide bonds. The van der Waals surface area contributed by atoms with E-state index < -0.39 is 0 Å². The quantitative estimate of drug-likeness (QED) is 0.601. The summed E-state index contributed by atoms with van der Waals surface area (Å²) >= 11 is 0. The molecule has 0 aromatic heterocycles. The van der Waals surface area contributed by atoms with Gasteiger partial charge in [-0.25, -0.2) is 0 Å². The minimum atomic E-state index is -0.327. The van der Waals surface area contributed by atoms with Crippen molar-refractivity contribution >= 4 is 11.8 Å². The van der Waals surface area contributed by atoms with Crippen molar-refractivity contribution in [3.63, 3.8) is 0 Å². The third-order valence-corrected chi connectivity index (χ3v) is 2.78. The Labute approximate surface area is 83.4 Å². The summed E-state index contributed by atoms with van der Waals surface area (Å²) in [6.45, 7) is 2.38. The number of rotatable bonds is 2. The van der Waals surface area contributed by atoms with Crippen LogP contribution < -0.4 is 11.5 Å². The molecule has 0 radical (unpaired) electrons. The van der Waals surface area contributed by atoms with Crippen LogP contribution in [0.15, 0.2) is 0 Å². The lowest BCUT2D eigenvalue weighted by Crippen LogP contribution is -2.50. The third kappa shape index (κ3) is 2.23. The van der Waals surface area contributed by atoms with Crippen LogP contribution in [0.1, 0.15) is 19.8 Å². The number of hydrogen-bond acceptors (Lipinski definition) is 3. The van der Waals surface area contributed by atoms with Crippen LogP contribution in [0.5, 0.6) is 0 Å². The first-order valence-electron chi connectivity index (χ1n) is 4.85. The Morgan fingerprint density at radius 1 is 1.43 bits per heavy atom. The van der Waals surface area contributed by atoms with E-state index >= 15 is 0 Å².